The third kappa shape index (κ3) is 2.94. The molecule has 0 saturated heterocycles. The van der Waals surface area contributed by atoms with Crippen LogP contribution in [0.25, 0.3) is 0 Å². The van der Waals surface area contributed by atoms with Crippen molar-refractivity contribution < 1.29 is 18.3 Å². The molecule has 0 aliphatic rings. The van der Waals surface area contributed by atoms with Crippen LogP contribution in [0.1, 0.15) is 15.9 Å². The molecule has 88 valence electrons. The first kappa shape index (κ1) is 12.5. The lowest BCUT2D eigenvalue weighted by Gasteiger charge is -2.08. The largest absolute Gasteiger partial charge is 0.478 e. The molecule has 0 aliphatic carbocycles. The molecule has 3 N–H and O–H groups in total. The standard InChI is InChI=1S/C9H12N2O4S/c1-6-5-7(11-16(14,15)10-2)3-4-8(6)9(12)13/h3-5,10-11H,1-2H3,(H,12,13). The van der Waals surface area contributed by atoms with E-state index < -0.39 is 16.2 Å². The first-order chi connectivity index (χ1) is 7.35. The molecule has 7 heteroatoms. The molecule has 0 saturated carbocycles. The van der Waals surface area contributed by atoms with Crippen LogP contribution in [0.15, 0.2) is 18.2 Å². The molecule has 0 bridgehead atoms. The zero-order chi connectivity index (χ0) is 12.3. The van der Waals surface area contributed by atoms with E-state index in [2.05, 4.69) is 9.44 Å². The summed E-state index contributed by atoms with van der Waals surface area (Å²) in [5.41, 5.74) is 0.952. The summed E-state index contributed by atoms with van der Waals surface area (Å²) >= 11 is 0. The molecule has 16 heavy (non-hydrogen) atoms. The van der Waals surface area contributed by atoms with Gasteiger partial charge in [0.15, 0.2) is 0 Å². The molecule has 0 radical (unpaired) electrons. The molecule has 0 spiro atoms. The fourth-order valence-corrected chi connectivity index (χ4v) is 1.71. The van der Waals surface area contributed by atoms with Crippen molar-refractivity contribution in [3.05, 3.63) is 29.3 Å². The van der Waals surface area contributed by atoms with Crippen molar-refractivity contribution in [1.29, 1.82) is 0 Å². The predicted octanol–water partition coefficient (Wildman–Crippen LogP) is 0.569. The van der Waals surface area contributed by atoms with Gasteiger partial charge in [-0.25, -0.2) is 9.52 Å². The molecular formula is C9H12N2O4S. The number of hydrogen-bond donors (Lipinski definition) is 3. The van der Waals surface area contributed by atoms with Gasteiger partial charge in [0, 0.05) is 7.05 Å². The Morgan fingerprint density at radius 3 is 2.44 bits per heavy atom. The molecule has 0 aliphatic heterocycles. The van der Waals surface area contributed by atoms with Crippen molar-refractivity contribution in [1.82, 2.24) is 4.72 Å². The number of aryl methyl sites for hydroxylation is 1. The van der Waals surface area contributed by atoms with Crippen molar-refractivity contribution in [2.24, 2.45) is 0 Å². The average molecular weight is 244 g/mol. The summed E-state index contributed by atoms with van der Waals surface area (Å²) < 4.78 is 26.7. The number of benzene rings is 1. The van der Waals surface area contributed by atoms with E-state index in [1.165, 1.54) is 25.2 Å². The van der Waals surface area contributed by atoms with Gasteiger partial charge in [-0.15, -0.1) is 0 Å². The number of aromatic carboxylic acids is 1. The molecule has 1 rings (SSSR count). The highest BCUT2D eigenvalue weighted by Gasteiger charge is 2.10. The summed E-state index contributed by atoms with van der Waals surface area (Å²) in [4.78, 5) is 10.7. The summed E-state index contributed by atoms with van der Waals surface area (Å²) in [6, 6.07) is 4.20. The maximum Gasteiger partial charge on any atom is 0.335 e. The molecule has 0 atom stereocenters. The van der Waals surface area contributed by atoms with Crippen LogP contribution in [-0.4, -0.2) is 26.5 Å². The highest BCUT2D eigenvalue weighted by Crippen LogP contribution is 2.15. The number of rotatable bonds is 4. The van der Waals surface area contributed by atoms with E-state index in [0.29, 0.717) is 11.3 Å². The number of anilines is 1. The smallest absolute Gasteiger partial charge is 0.335 e. The molecule has 1 aromatic rings. The van der Waals surface area contributed by atoms with E-state index in [1.54, 1.807) is 6.92 Å². The summed E-state index contributed by atoms with van der Waals surface area (Å²) in [5.74, 6) is -1.04. The van der Waals surface area contributed by atoms with Crippen LogP contribution in [0.2, 0.25) is 0 Å². The van der Waals surface area contributed by atoms with E-state index in [1.807, 2.05) is 0 Å². The van der Waals surface area contributed by atoms with Crippen LogP contribution in [0, 0.1) is 6.92 Å². The van der Waals surface area contributed by atoms with E-state index in [-0.39, 0.29) is 5.56 Å². The highest BCUT2D eigenvalue weighted by atomic mass is 32.2. The predicted molar refractivity (Wildman–Crippen MR) is 59.7 cm³/mol. The number of hydrogen-bond acceptors (Lipinski definition) is 3. The SMILES string of the molecule is CNS(=O)(=O)Nc1ccc(C(=O)O)c(C)c1. The van der Waals surface area contributed by atoms with E-state index >= 15 is 0 Å². The minimum absolute atomic E-state index is 0.146. The van der Waals surface area contributed by atoms with Crippen molar-refractivity contribution >= 4 is 21.9 Å². The lowest BCUT2D eigenvalue weighted by atomic mass is 10.1. The molecular weight excluding hydrogens is 232 g/mol. The maximum absolute atomic E-state index is 11.2. The average Bonchev–Trinajstić information content (AvgIpc) is 2.16. The lowest BCUT2D eigenvalue weighted by Crippen LogP contribution is -2.26. The Balaban J connectivity index is 3.03. The first-order valence-corrected chi connectivity index (χ1v) is 5.89. The van der Waals surface area contributed by atoms with Gasteiger partial charge in [0.25, 0.3) is 10.2 Å². The number of carboxylic acids is 1. The monoisotopic (exact) mass is 244 g/mol. The summed E-state index contributed by atoms with van der Waals surface area (Å²) in [6.07, 6.45) is 0. The Morgan fingerprint density at radius 2 is 2.00 bits per heavy atom. The second kappa shape index (κ2) is 4.50. The van der Waals surface area contributed by atoms with Crippen LogP contribution >= 0.6 is 0 Å². The summed E-state index contributed by atoms with van der Waals surface area (Å²) in [6.45, 7) is 1.60. The Bertz CT molecular complexity index is 510. The van der Waals surface area contributed by atoms with Gasteiger partial charge in [-0.05, 0) is 30.7 Å². The minimum Gasteiger partial charge on any atom is -0.478 e. The van der Waals surface area contributed by atoms with Crippen LogP contribution in [-0.2, 0) is 10.2 Å². The van der Waals surface area contributed by atoms with Gasteiger partial charge >= 0.3 is 5.97 Å². The summed E-state index contributed by atoms with van der Waals surface area (Å²) in [7, 11) is -2.29. The molecule has 0 aromatic heterocycles. The number of carboxylic acid groups (broad SMARTS) is 1. The van der Waals surface area contributed by atoms with E-state index in [9.17, 15) is 13.2 Å². The van der Waals surface area contributed by atoms with Crippen LogP contribution < -0.4 is 9.44 Å². The van der Waals surface area contributed by atoms with Crippen molar-refractivity contribution in [3.8, 4) is 0 Å². The van der Waals surface area contributed by atoms with Gasteiger partial charge in [-0.2, -0.15) is 8.42 Å². The Hall–Kier alpha value is -1.60. The van der Waals surface area contributed by atoms with Gasteiger partial charge in [0.1, 0.15) is 0 Å². The Morgan fingerprint density at radius 1 is 1.38 bits per heavy atom. The maximum atomic E-state index is 11.2. The molecule has 0 amide bonds. The first-order valence-electron chi connectivity index (χ1n) is 4.41. The third-order valence-electron chi connectivity index (χ3n) is 1.98. The van der Waals surface area contributed by atoms with Gasteiger partial charge in [0.05, 0.1) is 11.3 Å². The lowest BCUT2D eigenvalue weighted by molar-refractivity contribution is 0.0696. The van der Waals surface area contributed by atoms with Gasteiger partial charge in [-0.3, -0.25) is 4.72 Å². The summed E-state index contributed by atoms with van der Waals surface area (Å²) in [5, 5.41) is 8.78. The Labute approximate surface area is 93.5 Å². The third-order valence-corrected chi connectivity index (χ3v) is 3.02. The van der Waals surface area contributed by atoms with Gasteiger partial charge in [-0.1, -0.05) is 0 Å². The van der Waals surface area contributed by atoms with Crippen molar-refractivity contribution in [2.75, 3.05) is 11.8 Å². The van der Waals surface area contributed by atoms with Crippen molar-refractivity contribution in [2.45, 2.75) is 6.92 Å². The van der Waals surface area contributed by atoms with Crippen LogP contribution in [0.3, 0.4) is 0 Å². The molecule has 0 fully saturated rings. The fourth-order valence-electron chi connectivity index (χ4n) is 1.17. The van der Waals surface area contributed by atoms with Crippen molar-refractivity contribution in [3.63, 3.8) is 0 Å². The quantitative estimate of drug-likeness (QED) is 0.721. The van der Waals surface area contributed by atoms with Crippen LogP contribution in [0.4, 0.5) is 5.69 Å². The molecule has 6 nitrogen and oxygen atoms in total. The molecule has 0 heterocycles. The fraction of sp³-hybridized carbons (Fsp3) is 0.222. The number of carbonyl (C=O) groups is 1. The Kier molecular flexibility index (Phi) is 3.51. The second-order valence-corrected chi connectivity index (χ2v) is 4.76. The molecule has 1 aromatic carbocycles. The van der Waals surface area contributed by atoms with Gasteiger partial charge in [0.2, 0.25) is 0 Å². The second-order valence-electron chi connectivity index (χ2n) is 3.14. The van der Waals surface area contributed by atoms with Crippen LogP contribution in [0.5, 0.6) is 0 Å². The minimum atomic E-state index is -3.57. The highest BCUT2D eigenvalue weighted by molar-refractivity contribution is 7.90. The van der Waals surface area contributed by atoms with Gasteiger partial charge < -0.3 is 5.11 Å². The number of nitrogens with one attached hydrogen (secondary N) is 2. The van der Waals surface area contributed by atoms with E-state index in [4.69, 9.17) is 5.11 Å². The molecule has 0 unspecified atom stereocenters. The topological polar surface area (TPSA) is 95.5 Å². The van der Waals surface area contributed by atoms with E-state index in [0.717, 1.165) is 0 Å². The zero-order valence-corrected chi connectivity index (χ0v) is 9.63. The normalized spacial score (nSPS) is 11.1. The zero-order valence-electron chi connectivity index (χ0n) is 8.81.